The van der Waals surface area contributed by atoms with Crippen LogP contribution in [0.3, 0.4) is 0 Å². The van der Waals surface area contributed by atoms with E-state index in [4.69, 9.17) is 4.42 Å². The van der Waals surface area contributed by atoms with Gasteiger partial charge in [0, 0.05) is 11.1 Å². The molecule has 0 bridgehead atoms. The van der Waals surface area contributed by atoms with E-state index in [0.717, 1.165) is 23.4 Å². The summed E-state index contributed by atoms with van der Waals surface area (Å²) >= 11 is 0. The van der Waals surface area contributed by atoms with Gasteiger partial charge in [-0.15, -0.1) is 0 Å². The largest absolute Gasteiger partial charge is 0.469 e. The number of hydrogen-bond donors (Lipinski definition) is 1. The molecule has 2 aromatic rings. The molecule has 0 amide bonds. The quantitative estimate of drug-likeness (QED) is 0.890. The van der Waals surface area contributed by atoms with Crippen molar-refractivity contribution in [2.24, 2.45) is 0 Å². The van der Waals surface area contributed by atoms with Gasteiger partial charge in [0.1, 0.15) is 11.6 Å². The van der Waals surface area contributed by atoms with Crippen molar-refractivity contribution in [3.05, 3.63) is 58.8 Å². The van der Waals surface area contributed by atoms with Crippen LogP contribution in [0.25, 0.3) is 0 Å². The maximum absolute atomic E-state index is 14.0. The Morgan fingerprint density at radius 2 is 2.06 bits per heavy atom. The van der Waals surface area contributed by atoms with Crippen LogP contribution in [0.1, 0.15) is 35.4 Å². The summed E-state index contributed by atoms with van der Waals surface area (Å²) < 4.78 is 19.3. The van der Waals surface area contributed by atoms with Gasteiger partial charge < -0.3 is 9.73 Å². The minimum absolute atomic E-state index is 0.160. The van der Waals surface area contributed by atoms with E-state index in [9.17, 15) is 4.39 Å². The molecule has 2 nitrogen and oxygen atoms in total. The molecular formula is C15H18FNO. The Kier molecular flexibility index (Phi) is 3.82. The van der Waals surface area contributed by atoms with Crippen LogP contribution >= 0.6 is 0 Å². The molecule has 0 saturated carbocycles. The fourth-order valence-electron chi connectivity index (χ4n) is 2.11. The van der Waals surface area contributed by atoms with Crippen LogP contribution in [0.2, 0.25) is 0 Å². The topological polar surface area (TPSA) is 25.2 Å². The first-order chi connectivity index (χ1) is 8.61. The zero-order valence-corrected chi connectivity index (χ0v) is 11.0. The van der Waals surface area contributed by atoms with E-state index in [1.807, 2.05) is 32.9 Å². The minimum Gasteiger partial charge on any atom is -0.469 e. The average Bonchev–Trinajstić information content (AvgIpc) is 2.76. The first kappa shape index (κ1) is 12.8. The third-order valence-corrected chi connectivity index (χ3v) is 2.95. The van der Waals surface area contributed by atoms with E-state index in [0.29, 0.717) is 5.56 Å². The Morgan fingerprint density at radius 3 is 2.67 bits per heavy atom. The maximum Gasteiger partial charge on any atom is 0.128 e. The average molecular weight is 247 g/mol. The number of nitrogens with one attached hydrogen (secondary N) is 1. The summed E-state index contributed by atoms with van der Waals surface area (Å²) in [7, 11) is 0. The Morgan fingerprint density at radius 1 is 1.28 bits per heavy atom. The Balaban J connectivity index is 2.44. The third-order valence-electron chi connectivity index (χ3n) is 2.95. The Labute approximate surface area is 107 Å². The monoisotopic (exact) mass is 247 g/mol. The molecule has 18 heavy (non-hydrogen) atoms. The predicted octanol–water partition coefficient (Wildman–Crippen LogP) is 3.73. The highest BCUT2D eigenvalue weighted by Crippen LogP contribution is 2.26. The SMILES string of the molecule is CCNC(c1coc(C)c1)c1cc(C)ccc1F. The molecule has 2 rings (SSSR count). The van der Waals surface area contributed by atoms with Crippen molar-refractivity contribution in [3.8, 4) is 0 Å². The van der Waals surface area contributed by atoms with Gasteiger partial charge in [-0.3, -0.25) is 0 Å². The van der Waals surface area contributed by atoms with Crippen LogP contribution in [0.5, 0.6) is 0 Å². The van der Waals surface area contributed by atoms with Gasteiger partial charge in [-0.05, 0) is 32.5 Å². The molecule has 0 aliphatic heterocycles. The van der Waals surface area contributed by atoms with E-state index >= 15 is 0 Å². The lowest BCUT2D eigenvalue weighted by Crippen LogP contribution is -2.22. The van der Waals surface area contributed by atoms with Gasteiger partial charge in [-0.2, -0.15) is 0 Å². The minimum atomic E-state index is -0.189. The van der Waals surface area contributed by atoms with Crippen LogP contribution < -0.4 is 5.32 Å². The Hall–Kier alpha value is -1.61. The van der Waals surface area contributed by atoms with Gasteiger partial charge in [-0.25, -0.2) is 4.39 Å². The van der Waals surface area contributed by atoms with E-state index in [1.54, 1.807) is 12.3 Å². The van der Waals surface area contributed by atoms with Crippen molar-refractivity contribution < 1.29 is 8.81 Å². The molecule has 0 aliphatic carbocycles. The summed E-state index contributed by atoms with van der Waals surface area (Å²) in [6.45, 7) is 6.63. The standard InChI is InChI=1S/C15H18FNO/c1-4-17-15(12-8-11(3)18-9-12)13-7-10(2)5-6-14(13)16/h5-9,15,17H,4H2,1-3H3. The molecule has 0 radical (unpaired) electrons. The number of hydrogen-bond acceptors (Lipinski definition) is 2. The predicted molar refractivity (Wildman–Crippen MR) is 70.1 cm³/mol. The summed E-state index contributed by atoms with van der Waals surface area (Å²) in [4.78, 5) is 0. The molecule has 96 valence electrons. The molecule has 1 unspecified atom stereocenters. The number of aryl methyl sites for hydroxylation is 2. The maximum atomic E-state index is 14.0. The molecule has 3 heteroatoms. The molecule has 1 heterocycles. The normalized spacial score (nSPS) is 12.7. The molecule has 1 N–H and O–H groups in total. The summed E-state index contributed by atoms with van der Waals surface area (Å²) in [6, 6.07) is 6.96. The van der Waals surface area contributed by atoms with Gasteiger partial charge in [0.15, 0.2) is 0 Å². The highest BCUT2D eigenvalue weighted by Gasteiger charge is 2.18. The van der Waals surface area contributed by atoms with Crippen LogP contribution in [-0.2, 0) is 0 Å². The zero-order chi connectivity index (χ0) is 13.1. The van der Waals surface area contributed by atoms with Gasteiger partial charge >= 0.3 is 0 Å². The van der Waals surface area contributed by atoms with Gasteiger partial charge in [0.2, 0.25) is 0 Å². The van der Waals surface area contributed by atoms with E-state index < -0.39 is 0 Å². The van der Waals surface area contributed by atoms with Crippen molar-refractivity contribution in [3.63, 3.8) is 0 Å². The number of benzene rings is 1. The smallest absolute Gasteiger partial charge is 0.128 e. The summed E-state index contributed by atoms with van der Waals surface area (Å²) in [5, 5.41) is 3.30. The lowest BCUT2D eigenvalue weighted by molar-refractivity contribution is 0.520. The molecular weight excluding hydrogens is 229 g/mol. The molecule has 0 spiro atoms. The molecule has 1 aromatic carbocycles. The van der Waals surface area contributed by atoms with Crippen LogP contribution in [0.4, 0.5) is 4.39 Å². The van der Waals surface area contributed by atoms with Gasteiger partial charge in [0.25, 0.3) is 0 Å². The Bertz CT molecular complexity index is 533. The highest BCUT2D eigenvalue weighted by atomic mass is 19.1. The summed E-state index contributed by atoms with van der Waals surface area (Å²) in [6.07, 6.45) is 1.68. The third kappa shape index (κ3) is 2.62. The van der Waals surface area contributed by atoms with Crippen LogP contribution in [-0.4, -0.2) is 6.54 Å². The van der Waals surface area contributed by atoms with Gasteiger partial charge in [0.05, 0.1) is 12.3 Å². The second-order valence-electron chi connectivity index (χ2n) is 4.51. The van der Waals surface area contributed by atoms with Crippen LogP contribution in [0.15, 0.2) is 34.9 Å². The van der Waals surface area contributed by atoms with Crippen molar-refractivity contribution in [2.45, 2.75) is 26.8 Å². The van der Waals surface area contributed by atoms with E-state index in [2.05, 4.69) is 5.32 Å². The lowest BCUT2D eigenvalue weighted by Gasteiger charge is -2.18. The molecule has 0 aliphatic rings. The molecule has 0 fully saturated rings. The van der Waals surface area contributed by atoms with Gasteiger partial charge in [-0.1, -0.05) is 24.6 Å². The number of halogens is 1. The van der Waals surface area contributed by atoms with Crippen molar-refractivity contribution in [1.29, 1.82) is 0 Å². The second kappa shape index (κ2) is 5.36. The van der Waals surface area contributed by atoms with Crippen molar-refractivity contribution in [1.82, 2.24) is 5.32 Å². The lowest BCUT2D eigenvalue weighted by atomic mass is 9.98. The highest BCUT2D eigenvalue weighted by molar-refractivity contribution is 5.34. The number of furan rings is 1. The van der Waals surface area contributed by atoms with Crippen LogP contribution in [0, 0.1) is 19.7 Å². The molecule has 1 atom stereocenters. The zero-order valence-electron chi connectivity index (χ0n) is 11.0. The van der Waals surface area contributed by atoms with Crippen molar-refractivity contribution >= 4 is 0 Å². The number of rotatable bonds is 4. The fourth-order valence-corrected chi connectivity index (χ4v) is 2.11. The summed E-state index contributed by atoms with van der Waals surface area (Å²) in [5.41, 5.74) is 2.67. The van der Waals surface area contributed by atoms with Crippen molar-refractivity contribution in [2.75, 3.05) is 6.54 Å². The molecule has 1 aromatic heterocycles. The first-order valence-corrected chi connectivity index (χ1v) is 6.16. The summed E-state index contributed by atoms with van der Waals surface area (Å²) in [5.74, 6) is 0.645. The molecule has 0 saturated heterocycles. The first-order valence-electron chi connectivity index (χ1n) is 6.16. The van der Waals surface area contributed by atoms with E-state index in [1.165, 1.54) is 6.07 Å². The van der Waals surface area contributed by atoms with E-state index in [-0.39, 0.29) is 11.9 Å². The fraction of sp³-hybridized carbons (Fsp3) is 0.333. The second-order valence-corrected chi connectivity index (χ2v) is 4.51.